The SMILES string of the molecule is COc1ccc2nc(C)c3cc(C(=O)O)oc3c2c1. The number of fused-ring (bicyclic) bond motifs is 3. The fourth-order valence-corrected chi connectivity index (χ4v) is 2.13. The summed E-state index contributed by atoms with van der Waals surface area (Å²) in [5.41, 5.74) is 2.01. The molecule has 2 aromatic heterocycles. The molecule has 1 aromatic carbocycles. The summed E-state index contributed by atoms with van der Waals surface area (Å²) in [4.78, 5) is 15.4. The van der Waals surface area contributed by atoms with Crippen molar-refractivity contribution in [2.75, 3.05) is 7.11 Å². The zero-order chi connectivity index (χ0) is 13.6. The molecule has 0 radical (unpaired) electrons. The Hall–Kier alpha value is -2.56. The maximum Gasteiger partial charge on any atom is 0.371 e. The Morgan fingerprint density at radius 2 is 2.11 bits per heavy atom. The number of carboxylic acid groups (broad SMARTS) is 1. The molecule has 0 spiro atoms. The molecule has 0 atom stereocenters. The number of aromatic carboxylic acids is 1. The van der Waals surface area contributed by atoms with Crippen LogP contribution in [0.25, 0.3) is 21.9 Å². The molecule has 0 amide bonds. The van der Waals surface area contributed by atoms with Gasteiger partial charge in [-0.1, -0.05) is 0 Å². The Morgan fingerprint density at radius 1 is 1.32 bits per heavy atom. The molecule has 5 heteroatoms. The Bertz CT molecular complexity index is 804. The minimum absolute atomic E-state index is 0.0878. The van der Waals surface area contributed by atoms with E-state index >= 15 is 0 Å². The molecular weight excluding hydrogens is 246 g/mol. The average molecular weight is 257 g/mol. The predicted octanol–water partition coefficient (Wildman–Crippen LogP) is 3.00. The van der Waals surface area contributed by atoms with Gasteiger partial charge in [0.1, 0.15) is 11.3 Å². The third-order valence-electron chi connectivity index (χ3n) is 3.07. The molecule has 3 rings (SSSR count). The average Bonchev–Trinajstić information content (AvgIpc) is 2.84. The first-order valence-electron chi connectivity index (χ1n) is 5.71. The number of hydrogen-bond acceptors (Lipinski definition) is 4. The molecule has 0 saturated heterocycles. The molecule has 2 heterocycles. The molecule has 1 N–H and O–H groups in total. The van der Waals surface area contributed by atoms with Crippen LogP contribution in [0.4, 0.5) is 0 Å². The van der Waals surface area contributed by atoms with E-state index in [1.165, 1.54) is 6.07 Å². The van der Waals surface area contributed by atoms with E-state index in [0.29, 0.717) is 16.7 Å². The maximum atomic E-state index is 11.0. The van der Waals surface area contributed by atoms with E-state index in [4.69, 9.17) is 14.3 Å². The van der Waals surface area contributed by atoms with E-state index in [2.05, 4.69) is 4.98 Å². The highest BCUT2D eigenvalue weighted by Crippen LogP contribution is 2.31. The number of carbonyl (C=O) groups is 1. The highest BCUT2D eigenvalue weighted by Gasteiger charge is 2.15. The second kappa shape index (κ2) is 3.98. The van der Waals surface area contributed by atoms with Crippen molar-refractivity contribution >= 4 is 27.8 Å². The van der Waals surface area contributed by atoms with Crippen LogP contribution >= 0.6 is 0 Å². The summed E-state index contributed by atoms with van der Waals surface area (Å²) >= 11 is 0. The number of carboxylic acids is 1. The van der Waals surface area contributed by atoms with Gasteiger partial charge in [-0.05, 0) is 25.1 Å². The summed E-state index contributed by atoms with van der Waals surface area (Å²) in [5.74, 6) is -0.505. The summed E-state index contributed by atoms with van der Waals surface area (Å²) in [6.45, 7) is 1.83. The molecule has 0 fully saturated rings. The van der Waals surface area contributed by atoms with Gasteiger partial charge in [-0.15, -0.1) is 0 Å². The first-order chi connectivity index (χ1) is 9.10. The van der Waals surface area contributed by atoms with Gasteiger partial charge >= 0.3 is 5.97 Å². The van der Waals surface area contributed by atoms with Crippen LogP contribution in [0, 0.1) is 6.92 Å². The number of methoxy groups -OCH3 is 1. The maximum absolute atomic E-state index is 11.0. The number of benzene rings is 1. The lowest BCUT2D eigenvalue weighted by Gasteiger charge is -2.04. The lowest BCUT2D eigenvalue weighted by atomic mass is 10.1. The molecule has 0 unspecified atom stereocenters. The molecule has 0 aliphatic heterocycles. The van der Waals surface area contributed by atoms with Crippen LogP contribution in [0.5, 0.6) is 5.75 Å². The summed E-state index contributed by atoms with van der Waals surface area (Å²) in [6, 6.07) is 6.92. The summed E-state index contributed by atoms with van der Waals surface area (Å²) < 4.78 is 10.6. The lowest BCUT2D eigenvalue weighted by molar-refractivity contribution is 0.0665. The van der Waals surface area contributed by atoms with Crippen LogP contribution in [-0.2, 0) is 0 Å². The van der Waals surface area contributed by atoms with Crippen molar-refractivity contribution in [1.29, 1.82) is 0 Å². The van der Waals surface area contributed by atoms with Gasteiger partial charge < -0.3 is 14.3 Å². The molecular formula is C14H11NO4. The Morgan fingerprint density at radius 3 is 2.79 bits per heavy atom. The van der Waals surface area contributed by atoms with E-state index in [1.54, 1.807) is 13.2 Å². The minimum atomic E-state index is -1.09. The first-order valence-corrected chi connectivity index (χ1v) is 5.71. The second-order valence-corrected chi connectivity index (χ2v) is 4.24. The fraction of sp³-hybridized carbons (Fsp3) is 0.143. The van der Waals surface area contributed by atoms with E-state index in [9.17, 15) is 4.79 Å². The first kappa shape index (κ1) is 11.5. The Labute approximate surface area is 108 Å². The molecule has 0 bridgehead atoms. The largest absolute Gasteiger partial charge is 0.497 e. The second-order valence-electron chi connectivity index (χ2n) is 4.24. The van der Waals surface area contributed by atoms with Crippen LogP contribution < -0.4 is 4.74 Å². The van der Waals surface area contributed by atoms with E-state index in [0.717, 1.165) is 16.6 Å². The van der Waals surface area contributed by atoms with Crippen molar-refractivity contribution in [2.24, 2.45) is 0 Å². The number of hydrogen-bond donors (Lipinski definition) is 1. The van der Waals surface area contributed by atoms with E-state index in [-0.39, 0.29) is 5.76 Å². The van der Waals surface area contributed by atoms with Crippen LogP contribution in [0.15, 0.2) is 28.7 Å². The molecule has 19 heavy (non-hydrogen) atoms. The zero-order valence-corrected chi connectivity index (χ0v) is 10.4. The summed E-state index contributed by atoms with van der Waals surface area (Å²) in [5, 5.41) is 10.5. The Kier molecular flexibility index (Phi) is 2.41. The van der Waals surface area contributed by atoms with Gasteiger partial charge in [0, 0.05) is 22.5 Å². The number of furan rings is 1. The summed E-state index contributed by atoms with van der Waals surface area (Å²) in [6.07, 6.45) is 0. The van der Waals surface area contributed by atoms with Crippen molar-refractivity contribution in [3.8, 4) is 5.75 Å². The van der Waals surface area contributed by atoms with Gasteiger partial charge in [0.2, 0.25) is 5.76 Å². The standard InChI is InChI=1S/C14H11NO4/c1-7-9-6-12(14(16)17)19-13(9)10-5-8(18-2)3-4-11(10)15-7/h3-6H,1-2H3,(H,16,17). The predicted molar refractivity (Wildman–Crippen MR) is 69.8 cm³/mol. The van der Waals surface area contributed by atoms with E-state index in [1.807, 2.05) is 19.1 Å². The van der Waals surface area contributed by atoms with Gasteiger partial charge in [0.15, 0.2) is 0 Å². The number of ether oxygens (including phenoxy) is 1. The van der Waals surface area contributed by atoms with Gasteiger partial charge in [0.05, 0.1) is 12.6 Å². The van der Waals surface area contributed by atoms with Gasteiger partial charge in [0.25, 0.3) is 0 Å². The smallest absolute Gasteiger partial charge is 0.371 e. The van der Waals surface area contributed by atoms with Gasteiger partial charge in [-0.25, -0.2) is 4.79 Å². The molecule has 5 nitrogen and oxygen atoms in total. The molecule has 0 saturated carbocycles. The Balaban J connectivity index is 2.44. The fourth-order valence-electron chi connectivity index (χ4n) is 2.13. The van der Waals surface area contributed by atoms with Crippen LogP contribution in [-0.4, -0.2) is 23.2 Å². The molecule has 3 aromatic rings. The van der Waals surface area contributed by atoms with Crippen molar-refractivity contribution < 1.29 is 19.1 Å². The monoisotopic (exact) mass is 257 g/mol. The molecule has 96 valence electrons. The van der Waals surface area contributed by atoms with Crippen LogP contribution in [0.3, 0.4) is 0 Å². The lowest BCUT2D eigenvalue weighted by Crippen LogP contribution is -1.91. The van der Waals surface area contributed by atoms with Crippen molar-refractivity contribution in [1.82, 2.24) is 4.98 Å². The third-order valence-corrected chi connectivity index (χ3v) is 3.07. The van der Waals surface area contributed by atoms with Crippen LogP contribution in [0.1, 0.15) is 16.2 Å². The number of pyridine rings is 1. The van der Waals surface area contributed by atoms with E-state index < -0.39 is 5.97 Å². The van der Waals surface area contributed by atoms with Crippen molar-refractivity contribution in [3.63, 3.8) is 0 Å². The minimum Gasteiger partial charge on any atom is -0.497 e. The number of nitrogens with zero attached hydrogens (tertiary/aromatic N) is 1. The topological polar surface area (TPSA) is 72.6 Å². The highest BCUT2D eigenvalue weighted by atomic mass is 16.5. The van der Waals surface area contributed by atoms with Crippen molar-refractivity contribution in [2.45, 2.75) is 6.92 Å². The normalized spacial score (nSPS) is 11.1. The number of rotatable bonds is 2. The number of aryl methyl sites for hydroxylation is 1. The quantitative estimate of drug-likeness (QED) is 0.764. The van der Waals surface area contributed by atoms with Gasteiger partial charge in [-0.2, -0.15) is 0 Å². The molecule has 0 aliphatic rings. The molecule has 0 aliphatic carbocycles. The van der Waals surface area contributed by atoms with Crippen molar-refractivity contribution in [3.05, 3.63) is 35.7 Å². The third kappa shape index (κ3) is 1.71. The van der Waals surface area contributed by atoms with Gasteiger partial charge in [-0.3, -0.25) is 4.98 Å². The highest BCUT2D eigenvalue weighted by molar-refractivity contribution is 6.06. The number of aromatic nitrogens is 1. The zero-order valence-electron chi connectivity index (χ0n) is 10.4. The summed E-state index contributed by atoms with van der Waals surface area (Å²) in [7, 11) is 1.57. The van der Waals surface area contributed by atoms with Crippen LogP contribution in [0.2, 0.25) is 0 Å².